The smallest absolute Gasteiger partial charge is 0.228 e. The van der Waals surface area contributed by atoms with E-state index < -0.39 is 0 Å². The first-order valence-corrected chi connectivity index (χ1v) is 10.5. The van der Waals surface area contributed by atoms with Crippen molar-refractivity contribution in [3.05, 3.63) is 60.4 Å². The molecule has 4 rings (SSSR count). The summed E-state index contributed by atoms with van der Waals surface area (Å²) in [6.07, 6.45) is 3.05. The van der Waals surface area contributed by atoms with Gasteiger partial charge in [0.15, 0.2) is 0 Å². The maximum atomic E-state index is 12.5. The van der Waals surface area contributed by atoms with E-state index in [1.54, 1.807) is 6.20 Å². The van der Waals surface area contributed by atoms with Crippen molar-refractivity contribution in [2.75, 3.05) is 26.2 Å². The van der Waals surface area contributed by atoms with Gasteiger partial charge in [0.2, 0.25) is 17.6 Å². The number of nitrogens with zero attached hydrogens (tertiary/aromatic N) is 7. The Balaban J connectivity index is 1.18. The van der Waals surface area contributed by atoms with Crippen LogP contribution in [0.15, 0.2) is 54.7 Å². The highest BCUT2D eigenvalue weighted by molar-refractivity contribution is 5.79. The number of rotatable bonds is 7. The van der Waals surface area contributed by atoms with Crippen molar-refractivity contribution in [1.82, 2.24) is 35.0 Å². The molecule has 0 atom stereocenters. The maximum Gasteiger partial charge on any atom is 0.228 e. The summed E-state index contributed by atoms with van der Waals surface area (Å²) in [4.78, 5) is 34.3. The molecule has 3 heterocycles. The second-order valence-electron chi connectivity index (χ2n) is 7.44. The summed E-state index contributed by atoms with van der Waals surface area (Å²) < 4.78 is 0. The predicted molar refractivity (Wildman–Crippen MR) is 114 cm³/mol. The SMILES string of the molecule is O=C(CCCn1nnc(-c2ccccc2)n1)N1CCN(C(=O)Cc2ccccn2)CC1. The van der Waals surface area contributed by atoms with Crippen molar-refractivity contribution >= 4 is 11.8 Å². The van der Waals surface area contributed by atoms with Gasteiger partial charge >= 0.3 is 0 Å². The van der Waals surface area contributed by atoms with Crippen LogP contribution in [0.4, 0.5) is 0 Å². The van der Waals surface area contributed by atoms with Crippen molar-refractivity contribution in [2.24, 2.45) is 0 Å². The zero-order valence-corrected chi connectivity index (χ0v) is 17.3. The molecule has 2 amide bonds. The van der Waals surface area contributed by atoms with E-state index >= 15 is 0 Å². The van der Waals surface area contributed by atoms with Crippen LogP contribution in [-0.4, -0.2) is 73.0 Å². The molecule has 1 fully saturated rings. The van der Waals surface area contributed by atoms with Gasteiger partial charge in [0.25, 0.3) is 0 Å². The fourth-order valence-electron chi connectivity index (χ4n) is 3.55. The average molecular weight is 419 g/mol. The van der Waals surface area contributed by atoms with E-state index in [2.05, 4.69) is 20.4 Å². The van der Waals surface area contributed by atoms with E-state index in [0.29, 0.717) is 57.8 Å². The number of tetrazole rings is 1. The van der Waals surface area contributed by atoms with Crippen molar-refractivity contribution in [2.45, 2.75) is 25.8 Å². The molecule has 0 N–H and O–H groups in total. The Morgan fingerprint density at radius 1 is 0.871 bits per heavy atom. The van der Waals surface area contributed by atoms with E-state index in [4.69, 9.17) is 0 Å². The molecule has 9 heteroatoms. The third kappa shape index (κ3) is 5.50. The molecule has 0 radical (unpaired) electrons. The highest BCUT2D eigenvalue weighted by atomic mass is 16.2. The quantitative estimate of drug-likeness (QED) is 0.575. The Hall–Kier alpha value is -3.62. The minimum absolute atomic E-state index is 0.0530. The van der Waals surface area contributed by atoms with Crippen LogP contribution in [0.5, 0.6) is 0 Å². The molecule has 1 aliphatic heterocycles. The van der Waals surface area contributed by atoms with E-state index in [1.165, 1.54) is 4.80 Å². The standard InChI is InChI=1S/C22H25N7O2/c30-20(10-6-12-29-25-22(24-26-29)18-7-2-1-3-8-18)27-13-15-28(16-14-27)21(31)17-19-9-4-5-11-23-19/h1-5,7-9,11H,6,10,12-17H2. The lowest BCUT2D eigenvalue weighted by Gasteiger charge is -2.34. The van der Waals surface area contributed by atoms with Crippen LogP contribution in [0.2, 0.25) is 0 Å². The summed E-state index contributed by atoms with van der Waals surface area (Å²) in [5.41, 5.74) is 1.68. The van der Waals surface area contributed by atoms with Gasteiger partial charge in [-0.1, -0.05) is 36.4 Å². The van der Waals surface area contributed by atoms with Crippen LogP contribution in [0, 0.1) is 0 Å². The third-order valence-electron chi connectivity index (χ3n) is 5.28. The summed E-state index contributed by atoms with van der Waals surface area (Å²) >= 11 is 0. The second-order valence-corrected chi connectivity index (χ2v) is 7.44. The molecule has 1 aromatic carbocycles. The molecule has 0 bridgehead atoms. The maximum absolute atomic E-state index is 12.5. The van der Waals surface area contributed by atoms with Crippen LogP contribution in [0.1, 0.15) is 18.5 Å². The topological polar surface area (TPSA) is 97.1 Å². The lowest BCUT2D eigenvalue weighted by molar-refractivity contribution is -0.139. The van der Waals surface area contributed by atoms with Gasteiger partial charge in [-0.3, -0.25) is 14.6 Å². The minimum Gasteiger partial charge on any atom is -0.339 e. The van der Waals surface area contributed by atoms with E-state index in [-0.39, 0.29) is 11.8 Å². The van der Waals surface area contributed by atoms with Crippen LogP contribution < -0.4 is 0 Å². The van der Waals surface area contributed by atoms with Crippen molar-refractivity contribution in [1.29, 1.82) is 0 Å². The van der Waals surface area contributed by atoms with Gasteiger partial charge in [-0.25, -0.2) is 0 Å². The van der Waals surface area contributed by atoms with E-state index in [0.717, 1.165) is 11.3 Å². The van der Waals surface area contributed by atoms with Crippen LogP contribution in [0.3, 0.4) is 0 Å². The number of piperazine rings is 1. The zero-order chi connectivity index (χ0) is 21.5. The summed E-state index contributed by atoms with van der Waals surface area (Å²) in [5, 5.41) is 12.5. The molecule has 0 saturated carbocycles. The number of aromatic nitrogens is 5. The number of amides is 2. The van der Waals surface area contributed by atoms with Crippen molar-refractivity contribution in [3.8, 4) is 11.4 Å². The first-order valence-electron chi connectivity index (χ1n) is 10.5. The molecule has 0 unspecified atom stereocenters. The molecule has 0 aliphatic carbocycles. The first kappa shape index (κ1) is 20.6. The van der Waals surface area contributed by atoms with Crippen LogP contribution in [0.25, 0.3) is 11.4 Å². The number of carbonyl (C=O) groups is 2. The Bertz CT molecular complexity index is 999. The van der Waals surface area contributed by atoms with Crippen molar-refractivity contribution in [3.63, 3.8) is 0 Å². The molecule has 3 aromatic rings. The Labute approximate surface area is 180 Å². The van der Waals surface area contributed by atoms with Gasteiger partial charge in [-0.05, 0) is 23.8 Å². The molecule has 1 saturated heterocycles. The lowest BCUT2D eigenvalue weighted by atomic mass is 10.2. The number of pyridine rings is 1. The molecule has 0 spiro atoms. The molecule has 2 aromatic heterocycles. The largest absolute Gasteiger partial charge is 0.339 e. The summed E-state index contributed by atoms with van der Waals surface area (Å²) in [7, 11) is 0. The number of aryl methyl sites for hydroxylation is 1. The monoisotopic (exact) mass is 419 g/mol. The fraction of sp³-hybridized carbons (Fsp3) is 0.364. The second kappa shape index (κ2) is 9.92. The van der Waals surface area contributed by atoms with Gasteiger partial charge in [-0.15, -0.1) is 10.2 Å². The molecule has 31 heavy (non-hydrogen) atoms. The summed E-state index contributed by atoms with van der Waals surface area (Å²) in [6, 6.07) is 15.2. The lowest BCUT2D eigenvalue weighted by Crippen LogP contribution is -2.51. The average Bonchev–Trinajstić information content (AvgIpc) is 3.29. The van der Waals surface area contributed by atoms with E-state index in [9.17, 15) is 9.59 Å². The number of hydrogen-bond donors (Lipinski definition) is 0. The Morgan fingerprint density at radius 2 is 1.58 bits per heavy atom. The molecule has 1 aliphatic rings. The van der Waals surface area contributed by atoms with Gasteiger partial charge in [0, 0.05) is 50.1 Å². The van der Waals surface area contributed by atoms with Crippen molar-refractivity contribution < 1.29 is 9.59 Å². The normalized spacial score (nSPS) is 13.9. The van der Waals surface area contributed by atoms with Gasteiger partial charge in [-0.2, -0.15) is 4.80 Å². The minimum atomic E-state index is 0.0530. The zero-order valence-electron chi connectivity index (χ0n) is 17.3. The predicted octanol–water partition coefficient (Wildman–Crippen LogP) is 1.43. The third-order valence-corrected chi connectivity index (χ3v) is 5.28. The van der Waals surface area contributed by atoms with Gasteiger partial charge in [0.05, 0.1) is 13.0 Å². The summed E-state index contributed by atoms with van der Waals surface area (Å²) in [5.74, 6) is 0.732. The number of carbonyl (C=O) groups excluding carboxylic acids is 2. The van der Waals surface area contributed by atoms with E-state index in [1.807, 2.05) is 58.3 Å². The first-order chi connectivity index (χ1) is 15.2. The Kier molecular flexibility index (Phi) is 6.61. The Morgan fingerprint density at radius 3 is 2.29 bits per heavy atom. The number of benzene rings is 1. The highest BCUT2D eigenvalue weighted by Gasteiger charge is 2.24. The van der Waals surface area contributed by atoms with Crippen LogP contribution >= 0.6 is 0 Å². The van der Waals surface area contributed by atoms with Crippen LogP contribution in [-0.2, 0) is 22.6 Å². The molecular formula is C22H25N7O2. The molecule has 160 valence electrons. The fourth-order valence-corrected chi connectivity index (χ4v) is 3.55. The highest BCUT2D eigenvalue weighted by Crippen LogP contribution is 2.12. The van der Waals surface area contributed by atoms with Gasteiger partial charge < -0.3 is 9.80 Å². The molecule has 9 nitrogen and oxygen atoms in total. The van der Waals surface area contributed by atoms with Gasteiger partial charge in [0.1, 0.15) is 0 Å². The molecular weight excluding hydrogens is 394 g/mol. The summed E-state index contributed by atoms with van der Waals surface area (Å²) in [6.45, 7) is 2.78. The number of hydrogen-bond acceptors (Lipinski definition) is 6.